The van der Waals surface area contributed by atoms with Gasteiger partial charge in [0.05, 0.1) is 0 Å². The molecule has 6 heteroatoms. The van der Waals surface area contributed by atoms with Crippen LogP contribution in [-0.4, -0.2) is 28.3 Å². The lowest BCUT2D eigenvalue weighted by Crippen LogP contribution is -2.57. The fourth-order valence-electron chi connectivity index (χ4n) is 2.33. The molecule has 0 fully saturated rings. The molecule has 2 N–H and O–H groups in total. The van der Waals surface area contributed by atoms with Crippen LogP contribution in [0.2, 0.25) is 0 Å². The minimum absolute atomic E-state index is 0.204. The monoisotopic (exact) mass is 274 g/mol. The van der Waals surface area contributed by atoms with Crippen LogP contribution in [0.5, 0.6) is 0 Å². The minimum Gasteiger partial charge on any atom is -0.313 e. The van der Waals surface area contributed by atoms with Crippen LogP contribution in [0.3, 0.4) is 0 Å². The molecule has 20 heavy (non-hydrogen) atoms. The number of amides is 3. The van der Waals surface area contributed by atoms with E-state index < -0.39 is 5.66 Å². The molecule has 3 amide bonds. The highest BCUT2D eigenvalue weighted by molar-refractivity contribution is 5.93. The Kier molecular flexibility index (Phi) is 3.74. The molecule has 6 nitrogen and oxygen atoms in total. The summed E-state index contributed by atoms with van der Waals surface area (Å²) in [7, 11) is 0. The van der Waals surface area contributed by atoms with Crippen molar-refractivity contribution in [3.8, 4) is 0 Å². The molecule has 1 aromatic rings. The maximum absolute atomic E-state index is 12.0. The first-order valence-electron chi connectivity index (χ1n) is 6.40. The Morgan fingerprint density at radius 3 is 2.55 bits per heavy atom. The van der Waals surface area contributed by atoms with Crippen molar-refractivity contribution in [1.29, 1.82) is 0 Å². The smallest absolute Gasteiger partial charge is 0.313 e. The first-order valence-corrected chi connectivity index (χ1v) is 6.40. The zero-order chi connectivity index (χ0) is 14.8. The molecule has 0 saturated carbocycles. The topological polar surface area (TPSA) is 73.8 Å². The van der Waals surface area contributed by atoms with Crippen molar-refractivity contribution >= 4 is 23.3 Å². The van der Waals surface area contributed by atoms with Crippen molar-refractivity contribution < 1.29 is 9.59 Å². The molecular weight excluding hydrogens is 256 g/mol. The predicted molar refractivity (Wildman–Crippen MR) is 77.2 cm³/mol. The Bertz CT molecular complexity index is 556. The number of urea groups is 1. The van der Waals surface area contributed by atoms with E-state index >= 15 is 0 Å². The molecule has 1 aromatic carbocycles. The number of carbonyl (C=O) groups excluding carboxylic acids is 2. The summed E-state index contributed by atoms with van der Waals surface area (Å²) >= 11 is 0. The predicted octanol–water partition coefficient (Wildman–Crippen LogP) is 2.15. The second-order valence-corrected chi connectivity index (χ2v) is 5.06. The lowest BCUT2D eigenvalue weighted by Gasteiger charge is -2.32. The van der Waals surface area contributed by atoms with Crippen molar-refractivity contribution in [2.45, 2.75) is 32.9 Å². The van der Waals surface area contributed by atoms with Crippen LogP contribution in [0.25, 0.3) is 0 Å². The van der Waals surface area contributed by atoms with Crippen molar-refractivity contribution in [2.24, 2.45) is 5.10 Å². The summed E-state index contributed by atoms with van der Waals surface area (Å²) in [6.07, 6.45) is 0.509. The SMILES string of the molecule is CC(=O)N1N=C(C)CC1(C)NC(=O)Nc1ccccc1. The van der Waals surface area contributed by atoms with Crippen molar-refractivity contribution in [3.05, 3.63) is 30.3 Å². The molecule has 0 radical (unpaired) electrons. The van der Waals surface area contributed by atoms with Gasteiger partial charge < -0.3 is 10.6 Å². The average molecular weight is 274 g/mol. The van der Waals surface area contributed by atoms with Crippen molar-refractivity contribution in [1.82, 2.24) is 10.3 Å². The zero-order valence-electron chi connectivity index (χ0n) is 11.8. The van der Waals surface area contributed by atoms with Gasteiger partial charge in [0.2, 0.25) is 5.91 Å². The Morgan fingerprint density at radius 1 is 1.30 bits per heavy atom. The van der Waals surface area contributed by atoms with Crippen LogP contribution in [0.4, 0.5) is 10.5 Å². The first kappa shape index (κ1) is 14.0. The van der Waals surface area contributed by atoms with Crippen LogP contribution in [0, 0.1) is 0 Å². The van der Waals surface area contributed by atoms with Crippen molar-refractivity contribution in [2.75, 3.05) is 5.32 Å². The number of nitrogens with zero attached hydrogens (tertiary/aromatic N) is 2. The van der Waals surface area contributed by atoms with E-state index in [4.69, 9.17) is 0 Å². The lowest BCUT2D eigenvalue weighted by atomic mass is 10.1. The third-order valence-corrected chi connectivity index (χ3v) is 3.05. The molecular formula is C14H18N4O2. The molecule has 0 bridgehead atoms. The molecule has 0 spiro atoms. The first-order chi connectivity index (χ1) is 9.40. The Labute approximate surface area is 117 Å². The molecule has 1 unspecified atom stereocenters. The normalized spacial score (nSPS) is 21.4. The third-order valence-electron chi connectivity index (χ3n) is 3.05. The molecule has 1 aliphatic rings. The van der Waals surface area contributed by atoms with Gasteiger partial charge in [-0.05, 0) is 26.0 Å². The number of hydrogen-bond donors (Lipinski definition) is 2. The maximum atomic E-state index is 12.0. The van der Waals surface area contributed by atoms with Crippen LogP contribution in [0.1, 0.15) is 27.2 Å². The molecule has 1 heterocycles. The van der Waals surface area contributed by atoms with Crippen LogP contribution in [-0.2, 0) is 4.79 Å². The Hall–Kier alpha value is -2.37. The lowest BCUT2D eigenvalue weighted by molar-refractivity contribution is -0.134. The van der Waals surface area contributed by atoms with Gasteiger partial charge in [-0.1, -0.05) is 18.2 Å². The number of hydrogen-bond acceptors (Lipinski definition) is 3. The highest BCUT2D eigenvalue weighted by Crippen LogP contribution is 2.25. The summed E-state index contributed by atoms with van der Waals surface area (Å²) in [6.45, 7) is 5.04. The van der Waals surface area contributed by atoms with Gasteiger partial charge in [0.1, 0.15) is 5.66 Å². The number of carbonyl (C=O) groups is 2. The van der Waals surface area contributed by atoms with Gasteiger partial charge in [0.15, 0.2) is 0 Å². The molecule has 106 valence electrons. The van der Waals surface area contributed by atoms with Gasteiger partial charge in [-0.15, -0.1) is 0 Å². The van der Waals surface area contributed by atoms with E-state index in [2.05, 4.69) is 15.7 Å². The van der Waals surface area contributed by atoms with E-state index in [1.54, 1.807) is 19.1 Å². The Balaban J connectivity index is 2.05. The van der Waals surface area contributed by atoms with E-state index in [1.807, 2.05) is 25.1 Å². The van der Waals surface area contributed by atoms with E-state index in [-0.39, 0.29) is 11.9 Å². The van der Waals surface area contributed by atoms with Gasteiger partial charge in [-0.2, -0.15) is 5.10 Å². The van der Waals surface area contributed by atoms with Crippen LogP contribution in [0.15, 0.2) is 35.4 Å². The highest BCUT2D eigenvalue weighted by atomic mass is 16.2. The second kappa shape index (κ2) is 5.32. The largest absolute Gasteiger partial charge is 0.321 e. The van der Waals surface area contributed by atoms with Crippen LogP contribution < -0.4 is 10.6 Å². The number of nitrogens with one attached hydrogen (secondary N) is 2. The van der Waals surface area contributed by atoms with E-state index in [0.717, 1.165) is 5.71 Å². The quantitative estimate of drug-likeness (QED) is 0.867. The molecule has 0 aliphatic carbocycles. The summed E-state index contributed by atoms with van der Waals surface area (Å²) < 4.78 is 0. The molecule has 1 atom stereocenters. The van der Waals surface area contributed by atoms with E-state index in [0.29, 0.717) is 12.1 Å². The Morgan fingerprint density at radius 2 is 1.95 bits per heavy atom. The van der Waals surface area contributed by atoms with E-state index in [9.17, 15) is 9.59 Å². The summed E-state index contributed by atoms with van der Waals surface area (Å²) in [5.41, 5.74) is 0.677. The average Bonchev–Trinajstić information content (AvgIpc) is 2.65. The summed E-state index contributed by atoms with van der Waals surface area (Å²) in [5.74, 6) is -0.204. The second-order valence-electron chi connectivity index (χ2n) is 5.06. The summed E-state index contributed by atoms with van der Waals surface area (Å²) in [4.78, 5) is 23.6. The number of hydrazone groups is 1. The van der Waals surface area contributed by atoms with Crippen LogP contribution >= 0.6 is 0 Å². The summed E-state index contributed by atoms with van der Waals surface area (Å²) in [5, 5.41) is 11.0. The molecule has 0 saturated heterocycles. The van der Waals surface area contributed by atoms with Gasteiger partial charge >= 0.3 is 6.03 Å². The number of para-hydroxylation sites is 1. The molecule has 2 rings (SSSR count). The van der Waals surface area contributed by atoms with Gasteiger partial charge in [-0.3, -0.25) is 4.79 Å². The standard InChI is InChI=1S/C14H18N4O2/c1-10-9-14(3,18(17-10)11(2)19)16-13(20)15-12-7-5-4-6-8-12/h4-8H,9H2,1-3H3,(H2,15,16,20). The van der Waals surface area contributed by atoms with Gasteiger partial charge in [-0.25, -0.2) is 9.80 Å². The van der Waals surface area contributed by atoms with E-state index in [1.165, 1.54) is 11.9 Å². The number of rotatable bonds is 2. The fraction of sp³-hybridized carbons (Fsp3) is 0.357. The van der Waals surface area contributed by atoms with Gasteiger partial charge in [0, 0.05) is 24.7 Å². The van der Waals surface area contributed by atoms with Gasteiger partial charge in [0.25, 0.3) is 0 Å². The van der Waals surface area contributed by atoms with Crippen molar-refractivity contribution in [3.63, 3.8) is 0 Å². The fourth-order valence-corrected chi connectivity index (χ4v) is 2.33. The minimum atomic E-state index is -0.825. The summed E-state index contributed by atoms with van der Waals surface area (Å²) in [6, 6.07) is 8.76. The zero-order valence-corrected chi connectivity index (χ0v) is 11.8. The number of anilines is 1. The molecule has 0 aromatic heterocycles. The molecule has 1 aliphatic heterocycles. The highest BCUT2D eigenvalue weighted by Gasteiger charge is 2.40. The number of benzene rings is 1. The third kappa shape index (κ3) is 2.96. The maximum Gasteiger partial charge on any atom is 0.321 e.